The van der Waals surface area contributed by atoms with Gasteiger partial charge in [-0.2, -0.15) is 0 Å². The Morgan fingerprint density at radius 3 is 1.92 bits per heavy atom. The number of amides is 2. The third-order valence-electron chi connectivity index (χ3n) is 5.61. The minimum Gasteiger partial charge on any atom is -0.481 e. The minimum atomic E-state index is -2.06. The number of carboxylic acids is 3. The summed E-state index contributed by atoms with van der Waals surface area (Å²) in [5.74, 6) is -5.37. The predicted molar refractivity (Wildman–Crippen MR) is 134 cm³/mol. The van der Waals surface area contributed by atoms with Crippen LogP contribution in [0.25, 0.3) is 0 Å². The zero-order valence-corrected chi connectivity index (χ0v) is 21.2. The molecule has 0 saturated carbocycles. The van der Waals surface area contributed by atoms with E-state index >= 15 is 0 Å². The third-order valence-corrected chi connectivity index (χ3v) is 5.61. The molecule has 1 rings (SSSR count). The summed E-state index contributed by atoms with van der Waals surface area (Å²) in [6, 6.07) is 4.84. The highest BCUT2D eigenvalue weighted by atomic mass is 16.5. The second-order valence-corrected chi connectivity index (χ2v) is 8.80. The summed E-state index contributed by atoms with van der Waals surface area (Å²) in [6.07, 6.45) is 6.34. The molecular formula is C26H38N2O9. The Morgan fingerprint density at radius 1 is 0.811 bits per heavy atom. The lowest BCUT2D eigenvalue weighted by Gasteiger charge is -2.19. The van der Waals surface area contributed by atoms with Gasteiger partial charge >= 0.3 is 17.9 Å². The summed E-state index contributed by atoms with van der Waals surface area (Å²) < 4.78 is 4.97. The highest BCUT2D eigenvalue weighted by Gasteiger charge is 2.28. The summed E-state index contributed by atoms with van der Waals surface area (Å²) in [4.78, 5) is 57.8. The molecule has 5 N–H and O–H groups in total. The first-order chi connectivity index (χ1) is 17.6. The van der Waals surface area contributed by atoms with Crippen molar-refractivity contribution >= 4 is 29.7 Å². The first-order valence-corrected chi connectivity index (χ1v) is 12.6. The number of carbonyl (C=O) groups is 5. The van der Waals surface area contributed by atoms with E-state index in [0.29, 0.717) is 12.1 Å². The number of carboxylic acid groups (broad SMARTS) is 3. The average molecular weight is 523 g/mol. The maximum Gasteiger partial charge on any atom is 0.356 e. The smallest absolute Gasteiger partial charge is 0.356 e. The van der Waals surface area contributed by atoms with Crippen LogP contribution in [0.4, 0.5) is 0 Å². The molecule has 0 unspecified atom stereocenters. The lowest BCUT2D eigenvalue weighted by molar-refractivity contribution is -0.159. The van der Waals surface area contributed by atoms with Crippen molar-refractivity contribution in [2.75, 3.05) is 6.54 Å². The number of benzene rings is 1. The number of ether oxygens (including phenoxy) is 1. The molecule has 37 heavy (non-hydrogen) atoms. The molecule has 0 fully saturated rings. The minimum absolute atomic E-state index is 0.0136. The van der Waals surface area contributed by atoms with E-state index in [9.17, 15) is 24.0 Å². The zero-order chi connectivity index (χ0) is 27.6. The predicted octanol–water partition coefficient (Wildman–Crippen LogP) is 2.75. The Balaban J connectivity index is 2.69. The second kappa shape index (κ2) is 17.7. The summed E-state index contributed by atoms with van der Waals surface area (Å²) in [5.41, 5.74) is 0.598. The SMILES string of the molecule is CCCCCCCCCCNC(=O)[C@H](Cc1ccc(OC(C(=O)O)C(=O)O)cc1)NC(=O)CCC(=O)O. The Morgan fingerprint density at radius 2 is 1.38 bits per heavy atom. The number of aliphatic carboxylic acids is 3. The highest BCUT2D eigenvalue weighted by Crippen LogP contribution is 2.16. The molecule has 0 aliphatic rings. The van der Waals surface area contributed by atoms with Crippen LogP contribution in [0.2, 0.25) is 0 Å². The first kappa shape index (κ1) is 31.4. The van der Waals surface area contributed by atoms with Crippen molar-refractivity contribution < 1.29 is 44.0 Å². The van der Waals surface area contributed by atoms with Crippen LogP contribution in [0.3, 0.4) is 0 Å². The molecule has 206 valence electrons. The van der Waals surface area contributed by atoms with Crippen LogP contribution in [0.1, 0.15) is 76.7 Å². The Kier molecular flexibility index (Phi) is 15.1. The van der Waals surface area contributed by atoms with E-state index in [1.54, 1.807) is 0 Å². The summed E-state index contributed by atoms with van der Waals surface area (Å²) in [6.45, 7) is 2.63. The maximum atomic E-state index is 12.8. The summed E-state index contributed by atoms with van der Waals surface area (Å²) >= 11 is 0. The molecule has 0 aliphatic carbocycles. The number of hydrogen-bond acceptors (Lipinski definition) is 6. The molecule has 0 aliphatic heterocycles. The summed E-state index contributed by atoms with van der Waals surface area (Å²) in [5, 5.41) is 32.1. The van der Waals surface area contributed by atoms with Crippen LogP contribution in [0, 0.1) is 0 Å². The molecule has 0 spiro atoms. The van der Waals surface area contributed by atoms with Gasteiger partial charge in [-0.1, -0.05) is 64.0 Å². The van der Waals surface area contributed by atoms with Gasteiger partial charge < -0.3 is 30.7 Å². The standard InChI is InChI=1S/C26H38N2O9/c1-2-3-4-5-6-7-8-9-16-27-24(32)20(28-21(29)14-15-22(30)31)17-18-10-12-19(13-11-18)37-23(25(33)34)26(35)36/h10-13,20,23H,2-9,14-17H2,1H3,(H,27,32)(H,28,29)(H,30,31)(H,33,34)(H,35,36)/t20-/m0/s1. The van der Waals surface area contributed by atoms with Crippen LogP contribution >= 0.6 is 0 Å². The molecular weight excluding hydrogens is 484 g/mol. The molecule has 1 atom stereocenters. The van der Waals surface area contributed by atoms with Gasteiger partial charge in [0.05, 0.1) is 6.42 Å². The number of rotatable bonds is 20. The largest absolute Gasteiger partial charge is 0.481 e. The van der Waals surface area contributed by atoms with Crippen LogP contribution in [-0.4, -0.2) is 63.7 Å². The third kappa shape index (κ3) is 13.9. The van der Waals surface area contributed by atoms with Crippen LogP contribution in [-0.2, 0) is 30.4 Å². The Hall–Kier alpha value is -3.63. The van der Waals surface area contributed by atoms with Crippen LogP contribution in [0.5, 0.6) is 5.75 Å². The number of nitrogens with one attached hydrogen (secondary N) is 2. The van der Waals surface area contributed by atoms with Crippen molar-refractivity contribution in [1.29, 1.82) is 0 Å². The molecule has 0 radical (unpaired) electrons. The molecule has 0 saturated heterocycles. The lowest BCUT2D eigenvalue weighted by Crippen LogP contribution is -2.48. The van der Waals surface area contributed by atoms with Gasteiger partial charge in [0.25, 0.3) is 6.10 Å². The molecule has 0 aromatic heterocycles. The number of hydrogen-bond donors (Lipinski definition) is 5. The molecule has 11 heteroatoms. The molecule has 11 nitrogen and oxygen atoms in total. The molecule has 0 bridgehead atoms. The Labute approximate surface area is 216 Å². The van der Waals surface area contributed by atoms with Crippen molar-refractivity contribution in [3.05, 3.63) is 29.8 Å². The van der Waals surface area contributed by atoms with E-state index < -0.39 is 41.9 Å². The van der Waals surface area contributed by atoms with E-state index in [4.69, 9.17) is 20.1 Å². The summed E-state index contributed by atoms with van der Waals surface area (Å²) in [7, 11) is 0. The van der Waals surface area contributed by atoms with E-state index in [1.807, 2.05) is 0 Å². The second-order valence-electron chi connectivity index (χ2n) is 8.80. The van der Waals surface area contributed by atoms with Gasteiger partial charge in [-0.15, -0.1) is 0 Å². The van der Waals surface area contributed by atoms with Crippen LogP contribution in [0.15, 0.2) is 24.3 Å². The molecule has 0 heterocycles. The van der Waals surface area contributed by atoms with E-state index in [0.717, 1.165) is 25.7 Å². The van der Waals surface area contributed by atoms with Crippen LogP contribution < -0.4 is 15.4 Å². The highest BCUT2D eigenvalue weighted by molar-refractivity contribution is 5.96. The maximum absolute atomic E-state index is 12.8. The van der Waals surface area contributed by atoms with Gasteiger partial charge in [-0.3, -0.25) is 14.4 Å². The van der Waals surface area contributed by atoms with Gasteiger partial charge in [-0.25, -0.2) is 9.59 Å². The quantitative estimate of drug-likeness (QED) is 0.127. The Bertz CT molecular complexity index is 873. The fourth-order valence-corrected chi connectivity index (χ4v) is 3.57. The lowest BCUT2D eigenvalue weighted by atomic mass is 10.0. The monoisotopic (exact) mass is 522 g/mol. The average Bonchev–Trinajstić information content (AvgIpc) is 2.85. The first-order valence-electron chi connectivity index (χ1n) is 12.6. The van der Waals surface area contributed by atoms with Crippen molar-refractivity contribution in [1.82, 2.24) is 10.6 Å². The zero-order valence-electron chi connectivity index (χ0n) is 21.2. The van der Waals surface area contributed by atoms with E-state index in [1.165, 1.54) is 49.9 Å². The molecule has 2 amide bonds. The van der Waals surface area contributed by atoms with Crippen molar-refractivity contribution in [3.8, 4) is 5.75 Å². The van der Waals surface area contributed by atoms with Gasteiger partial charge in [0.1, 0.15) is 11.8 Å². The van der Waals surface area contributed by atoms with E-state index in [2.05, 4.69) is 17.6 Å². The van der Waals surface area contributed by atoms with Gasteiger partial charge in [0.15, 0.2) is 0 Å². The topological polar surface area (TPSA) is 179 Å². The van der Waals surface area contributed by atoms with Gasteiger partial charge in [-0.05, 0) is 24.1 Å². The van der Waals surface area contributed by atoms with E-state index in [-0.39, 0.29) is 25.0 Å². The number of unbranched alkanes of at least 4 members (excludes halogenated alkanes) is 7. The number of carbonyl (C=O) groups excluding carboxylic acids is 2. The fourth-order valence-electron chi connectivity index (χ4n) is 3.57. The van der Waals surface area contributed by atoms with Crippen molar-refractivity contribution in [3.63, 3.8) is 0 Å². The van der Waals surface area contributed by atoms with Gasteiger partial charge in [0, 0.05) is 19.4 Å². The molecule has 1 aromatic carbocycles. The van der Waals surface area contributed by atoms with Gasteiger partial charge in [0.2, 0.25) is 11.8 Å². The normalized spacial score (nSPS) is 11.5. The fraction of sp³-hybridized carbons (Fsp3) is 0.577. The molecule has 1 aromatic rings. The van der Waals surface area contributed by atoms with Crippen molar-refractivity contribution in [2.24, 2.45) is 0 Å². The van der Waals surface area contributed by atoms with Crippen molar-refractivity contribution in [2.45, 2.75) is 89.7 Å².